The fourth-order valence-corrected chi connectivity index (χ4v) is 2.28. The van der Waals surface area contributed by atoms with E-state index in [0.717, 1.165) is 0 Å². The first-order chi connectivity index (χ1) is 9.70. The standard InChI is InChI=1S/C10H12N8O2/c11-8-7-9(14-3-13-8)18(4-15-7)10-6(19)1-5(20-10)2-16-17-12/h3-6,10,19H,1-2H2,(H2,11,13,14)/t5-,6?,10+/m0/s1. The van der Waals surface area contributed by atoms with Crippen LogP contribution in [0.1, 0.15) is 12.6 Å². The fourth-order valence-electron chi connectivity index (χ4n) is 2.28. The second kappa shape index (κ2) is 4.93. The topological polar surface area (TPSA) is 148 Å². The number of rotatable bonds is 3. The van der Waals surface area contributed by atoms with Gasteiger partial charge in [0.1, 0.15) is 17.9 Å². The predicted molar refractivity (Wildman–Crippen MR) is 68.3 cm³/mol. The molecule has 104 valence electrons. The van der Waals surface area contributed by atoms with Gasteiger partial charge in [-0.15, -0.1) is 0 Å². The van der Waals surface area contributed by atoms with Gasteiger partial charge in [0.15, 0.2) is 17.7 Å². The van der Waals surface area contributed by atoms with Crippen molar-refractivity contribution in [1.29, 1.82) is 0 Å². The van der Waals surface area contributed by atoms with Crippen LogP contribution in [-0.2, 0) is 4.74 Å². The molecule has 10 nitrogen and oxygen atoms in total. The molecule has 1 unspecified atom stereocenters. The monoisotopic (exact) mass is 276 g/mol. The largest absolute Gasteiger partial charge is 0.388 e. The van der Waals surface area contributed by atoms with Gasteiger partial charge in [0.05, 0.1) is 19.0 Å². The van der Waals surface area contributed by atoms with Crippen molar-refractivity contribution in [1.82, 2.24) is 19.5 Å². The van der Waals surface area contributed by atoms with Crippen LogP contribution in [0.2, 0.25) is 0 Å². The molecule has 0 amide bonds. The number of aliphatic hydroxyl groups excluding tert-OH is 1. The van der Waals surface area contributed by atoms with E-state index in [1.165, 1.54) is 12.7 Å². The van der Waals surface area contributed by atoms with Gasteiger partial charge in [0.2, 0.25) is 0 Å². The van der Waals surface area contributed by atoms with Crippen molar-refractivity contribution in [2.45, 2.75) is 24.9 Å². The van der Waals surface area contributed by atoms with E-state index < -0.39 is 12.3 Å². The number of hydrogen-bond donors (Lipinski definition) is 2. The Bertz CT molecular complexity index is 679. The van der Waals surface area contributed by atoms with E-state index in [9.17, 15) is 5.11 Å². The zero-order valence-electron chi connectivity index (χ0n) is 10.4. The third kappa shape index (κ3) is 2.01. The Morgan fingerprint density at radius 3 is 3.20 bits per heavy atom. The summed E-state index contributed by atoms with van der Waals surface area (Å²) in [7, 11) is 0. The number of fused-ring (bicyclic) bond motifs is 1. The molecule has 3 atom stereocenters. The van der Waals surface area contributed by atoms with Gasteiger partial charge < -0.3 is 15.6 Å². The number of imidazole rings is 1. The van der Waals surface area contributed by atoms with Crippen LogP contribution in [0.4, 0.5) is 5.82 Å². The average molecular weight is 276 g/mol. The SMILES string of the molecule is [N-]=[N+]=NC[C@@H]1CC(O)[C@H](n2cnc3c(N)ncnc32)O1. The maximum absolute atomic E-state index is 10.1. The number of ether oxygens (including phenoxy) is 1. The number of nitrogen functional groups attached to an aromatic ring is 1. The van der Waals surface area contributed by atoms with E-state index in [4.69, 9.17) is 16.0 Å². The minimum Gasteiger partial charge on any atom is -0.388 e. The van der Waals surface area contributed by atoms with Crippen LogP contribution in [0, 0.1) is 0 Å². The first kappa shape index (κ1) is 12.6. The van der Waals surface area contributed by atoms with Crippen molar-refractivity contribution in [3.8, 4) is 0 Å². The van der Waals surface area contributed by atoms with Gasteiger partial charge in [-0.25, -0.2) is 15.0 Å². The van der Waals surface area contributed by atoms with Gasteiger partial charge in [-0.3, -0.25) is 4.57 Å². The quantitative estimate of drug-likeness (QED) is 0.470. The van der Waals surface area contributed by atoms with E-state index >= 15 is 0 Å². The highest BCUT2D eigenvalue weighted by Gasteiger charge is 2.35. The number of hydrogen-bond acceptors (Lipinski definition) is 7. The number of azide groups is 1. The molecule has 1 fully saturated rings. The third-order valence-corrected chi connectivity index (χ3v) is 3.18. The fraction of sp³-hybridized carbons (Fsp3) is 0.500. The summed E-state index contributed by atoms with van der Waals surface area (Å²) >= 11 is 0. The van der Waals surface area contributed by atoms with E-state index in [0.29, 0.717) is 17.6 Å². The van der Waals surface area contributed by atoms with Crippen LogP contribution in [-0.4, -0.2) is 43.4 Å². The van der Waals surface area contributed by atoms with Gasteiger partial charge in [-0.1, -0.05) is 5.11 Å². The molecular formula is C10H12N8O2. The molecule has 0 aliphatic carbocycles. The average Bonchev–Trinajstić information content (AvgIpc) is 3.01. The first-order valence-corrected chi connectivity index (χ1v) is 5.98. The normalized spacial score (nSPS) is 25.8. The van der Waals surface area contributed by atoms with Gasteiger partial charge in [0.25, 0.3) is 0 Å². The van der Waals surface area contributed by atoms with Crippen molar-refractivity contribution in [2.75, 3.05) is 12.3 Å². The van der Waals surface area contributed by atoms with Crippen LogP contribution >= 0.6 is 0 Å². The Hall–Kier alpha value is -2.42. The van der Waals surface area contributed by atoms with Crippen molar-refractivity contribution in [3.63, 3.8) is 0 Å². The highest BCUT2D eigenvalue weighted by molar-refractivity contribution is 5.81. The van der Waals surface area contributed by atoms with Crippen LogP contribution in [0.15, 0.2) is 17.8 Å². The lowest BCUT2D eigenvalue weighted by Crippen LogP contribution is -2.19. The van der Waals surface area contributed by atoms with E-state index in [2.05, 4.69) is 25.0 Å². The molecular weight excluding hydrogens is 264 g/mol. The zero-order chi connectivity index (χ0) is 14.1. The Kier molecular flexibility index (Phi) is 3.11. The Labute approximate surface area is 112 Å². The summed E-state index contributed by atoms with van der Waals surface area (Å²) < 4.78 is 7.28. The first-order valence-electron chi connectivity index (χ1n) is 5.98. The lowest BCUT2D eigenvalue weighted by atomic mass is 10.2. The summed E-state index contributed by atoms with van der Waals surface area (Å²) in [5.74, 6) is 0.270. The number of nitrogens with zero attached hydrogens (tertiary/aromatic N) is 7. The molecule has 0 saturated carbocycles. The van der Waals surface area contributed by atoms with E-state index in [-0.39, 0.29) is 18.5 Å². The van der Waals surface area contributed by atoms with Crippen molar-refractivity contribution >= 4 is 17.0 Å². The summed E-state index contributed by atoms with van der Waals surface area (Å²) in [4.78, 5) is 14.8. The second-order valence-corrected chi connectivity index (χ2v) is 4.45. The molecule has 1 saturated heterocycles. The number of aromatic nitrogens is 4. The van der Waals surface area contributed by atoms with Gasteiger partial charge >= 0.3 is 0 Å². The summed E-state index contributed by atoms with van der Waals surface area (Å²) in [5, 5.41) is 13.5. The summed E-state index contributed by atoms with van der Waals surface area (Å²) in [6.07, 6.45) is 1.51. The Balaban J connectivity index is 1.91. The van der Waals surface area contributed by atoms with Crippen LogP contribution in [0.25, 0.3) is 21.6 Å². The van der Waals surface area contributed by atoms with Gasteiger partial charge in [-0.2, -0.15) is 0 Å². The maximum atomic E-state index is 10.1. The molecule has 1 aliphatic heterocycles. The zero-order valence-corrected chi connectivity index (χ0v) is 10.4. The van der Waals surface area contributed by atoms with Gasteiger partial charge in [0, 0.05) is 11.3 Å². The number of anilines is 1. The highest BCUT2D eigenvalue weighted by atomic mass is 16.5. The highest BCUT2D eigenvalue weighted by Crippen LogP contribution is 2.31. The molecule has 3 heterocycles. The summed E-state index contributed by atoms with van der Waals surface area (Å²) in [6, 6.07) is 0. The molecule has 0 radical (unpaired) electrons. The van der Waals surface area contributed by atoms with Crippen LogP contribution in [0.5, 0.6) is 0 Å². The summed E-state index contributed by atoms with van der Waals surface area (Å²) in [6.45, 7) is 0.174. The third-order valence-electron chi connectivity index (χ3n) is 3.18. The molecule has 0 spiro atoms. The molecule has 1 aliphatic rings. The number of nitrogens with two attached hydrogens (primary N) is 1. The second-order valence-electron chi connectivity index (χ2n) is 4.45. The smallest absolute Gasteiger partial charge is 0.167 e. The van der Waals surface area contributed by atoms with Crippen molar-refractivity contribution in [2.24, 2.45) is 5.11 Å². The molecule has 0 aromatic carbocycles. The lowest BCUT2D eigenvalue weighted by molar-refractivity contribution is -0.0321. The molecule has 20 heavy (non-hydrogen) atoms. The van der Waals surface area contributed by atoms with E-state index in [1.807, 2.05) is 0 Å². The molecule has 3 rings (SSSR count). The molecule has 10 heteroatoms. The predicted octanol–water partition coefficient (Wildman–Crippen LogP) is 0.367. The van der Waals surface area contributed by atoms with Crippen molar-refractivity contribution < 1.29 is 9.84 Å². The van der Waals surface area contributed by atoms with E-state index in [1.54, 1.807) is 4.57 Å². The molecule has 0 bridgehead atoms. The minimum atomic E-state index is -0.734. The van der Waals surface area contributed by atoms with Crippen LogP contribution in [0.3, 0.4) is 0 Å². The Morgan fingerprint density at radius 2 is 2.40 bits per heavy atom. The van der Waals surface area contributed by atoms with Crippen molar-refractivity contribution in [3.05, 3.63) is 23.1 Å². The molecule has 2 aromatic rings. The van der Waals surface area contributed by atoms with Crippen LogP contribution < -0.4 is 5.73 Å². The number of aliphatic hydroxyl groups is 1. The molecule has 3 N–H and O–H groups in total. The minimum absolute atomic E-state index is 0.174. The lowest BCUT2D eigenvalue weighted by Gasteiger charge is -2.16. The summed E-state index contributed by atoms with van der Waals surface area (Å²) in [5.41, 5.74) is 15.0. The molecule has 2 aromatic heterocycles. The maximum Gasteiger partial charge on any atom is 0.167 e. The van der Waals surface area contributed by atoms with Gasteiger partial charge in [-0.05, 0) is 5.53 Å². The Morgan fingerprint density at radius 1 is 1.55 bits per heavy atom.